The Labute approximate surface area is 125 Å². The van der Waals surface area contributed by atoms with Crippen molar-refractivity contribution in [2.24, 2.45) is 0 Å². The quantitative estimate of drug-likeness (QED) is 0.882. The molecule has 0 radical (unpaired) electrons. The van der Waals surface area contributed by atoms with Crippen molar-refractivity contribution in [3.05, 3.63) is 29.6 Å². The molecule has 7 heteroatoms. The van der Waals surface area contributed by atoms with Crippen LogP contribution in [0.15, 0.2) is 12.1 Å². The van der Waals surface area contributed by atoms with E-state index in [0.29, 0.717) is 5.82 Å². The Bertz CT molecular complexity index is 712. The zero-order valence-electron chi connectivity index (χ0n) is 11.4. The molecule has 112 valence electrons. The van der Waals surface area contributed by atoms with Gasteiger partial charge < -0.3 is 9.88 Å². The third-order valence-corrected chi connectivity index (χ3v) is 3.84. The summed E-state index contributed by atoms with van der Waals surface area (Å²) in [7, 11) is 0. The predicted octanol–water partition coefficient (Wildman–Crippen LogP) is 2.89. The topological polar surface area (TPSA) is 46.9 Å². The fraction of sp³-hybridized carbons (Fsp3) is 0.429. The van der Waals surface area contributed by atoms with Crippen molar-refractivity contribution in [1.82, 2.24) is 14.9 Å². The van der Waals surface area contributed by atoms with E-state index < -0.39 is 17.7 Å². The summed E-state index contributed by atoms with van der Waals surface area (Å²) < 4.78 is 28.8. The summed E-state index contributed by atoms with van der Waals surface area (Å²) in [6.07, 6.45) is 1.93. The van der Waals surface area contributed by atoms with Crippen LogP contribution in [0.2, 0.25) is 0 Å². The molecule has 1 atom stereocenters. The van der Waals surface area contributed by atoms with Gasteiger partial charge in [-0.2, -0.15) is 0 Å². The van der Waals surface area contributed by atoms with E-state index in [0.717, 1.165) is 18.9 Å². The number of alkyl halides is 1. The molecule has 0 saturated heterocycles. The number of fused-ring (bicyclic) bond motifs is 1. The Morgan fingerprint density at radius 3 is 2.86 bits per heavy atom. The summed E-state index contributed by atoms with van der Waals surface area (Å²) in [4.78, 5) is 16.3. The number of imidazole rings is 1. The summed E-state index contributed by atoms with van der Waals surface area (Å²) in [5, 5.41) is 2.87. The van der Waals surface area contributed by atoms with Crippen LogP contribution < -0.4 is 5.32 Å². The van der Waals surface area contributed by atoms with E-state index in [1.54, 1.807) is 6.92 Å². The standard InChI is InChI=1S/C14H14ClF2N3O/c1-7(14(21)18-9-2-3-9)20-11-5-8(16)4-10(17)13(11)19-12(20)6-15/h4-5,7,9H,2-3,6H2,1H3,(H,18,21). The number of halogens is 3. The highest BCUT2D eigenvalue weighted by atomic mass is 35.5. The van der Waals surface area contributed by atoms with E-state index >= 15 is 0 Å². The summed E-state index contributed by atoms with van der Waals surface area (Å²) in [6, 6.07) is 1.52. The molecule has 1 fully saturated rings. The molecule has 0 aliphatic heterocycles. The summed E-state index contributed by atoms with van der Waals surface area (Å²) in [6.45, 7) is 1.66. The number of carbonyl (C=O) groups excluding carboxylic acids is 1. The SMILES string of the molecule is CC(C(=O)NC1CC1)n1c(CCl)nc2c(F)cc(F)cc21. The van der Waals surface area contributed by atoms with E-state index in [9.17, 15) is 13.6 Å². The monoisotopic (exact) mass is 313 g/mol. The van der Waals surface area contributed by atoms with Crippen molar-refractivity contribution in [3.8, 4) is 0 Å². The molecule has 1 unspecified atom stereocenters. The molecule has 2 aromatic rings. The fourth-order valence-electron chi connectivity index (χ4n) is 2.36. The van der Waals surface area contributed by atoms with Gasteiger partial charge in [-0.05, 0) is 19.8 Å². The van der Waals surface area contributed by atoms with Gasteiger partial charge in [0, 0.05) is 18.2 Å². The van der Waals surface area contributed by atoms with Crippen molar-refractivity contribution >= 4 is 28.5 Å². The zero-order valence-corrected chi connectivity index (χ0v) is 12.1. The Kier molecular flexibility index (Phi) is 3.57. The maximum absolute atomic E-state index is 13.8. The van der Waals surface area contributed by atoms with E-state index in [1.165, 1.54) is 10.6 Å². The number of benzene rings is 1. The number of carbonyl (C=O) groups is 1. The van der Waals surface area contributed by atoms with Crippen LogP contribution in [0.4, 0.5) is 8.78 Å². The number of hydrogen-bond acceptors (Lipinski definition) is 2. The van der Waals surface area contributed by atoms with Gasteiger partial charge in [-0.25, -0.2) is 13.8 Å². The largest absolute Gasteiger partial charge is 0.352 e. The minimum atomic E-state index is -0.759. The Morgan fingerprint density at radius 2 is 2.24 bits per heavy atom. The molecule has 0 spiro atoms. The second-order valence-electron chi connectivity index (χ2n) is 5.25. The van der Waals surface area contributed by atoms with Gasteiger partial charge in [0.1, 0.15) is 23.2 Å². The van der Waals surface area contributed by atoms with Gasteiger partial charge >= 0.3 is 0 Å². The van der Waals surface area contributed by atoms with Gasteiger partial charge in [-0.3, -0.25) is 4.79 Å². The van der Waals surface area contributed by atoms with E-state index in [4.69, 9.17) is 11.6 Å². The lowest BCUT2D eigenvalue weighted by Crippen LogP contribution is -2.33. The first-order valence-electron chi connectivity index (χ1n) is 6.73. The Hall–Kier alpha value is -1.69. The first kappa shape index (κ1) is 14.3. The molecule has 1 aromatic heterocycles. The Balaban J connectivity index is 2.08. The van der Waals surface area contributed by atoms with Gasteiger partial charge in [0.05, 0.1) is 11.4 Å². The lowest BCUT2D eigenvalue weighted by atomic mass is 10.2. The van der Waals surface area contributed by atoms with Crippen LogP contribution in [-0.4, -0.2) is 21.5 Å². The van der Waals surface area contributed by atoms with Gasteiger partial charge in [-0.15, -0.1) is 11.6 Å². The second kappa shape index (κ2) is 5.26. The van der Waals surface area contributed by atoms with E-state index in [2.05, 4.69) is 10.3 Å². The van der Waals surface area contributed by atoms with Crippen LogP contribution in [-0.2, 0) is 10.7 Å². The van der Waals surface area contributed by atoms with Crippen molar-refractivity contribution in [3.63, 3.8) is 0 Å². The maximum atomic E-state index is 13.8. The van der Waals surface area contributed by atoms with Gasteiger partial charge in [0.25, 0.3) is 0 Å². The molecule has 1 N–H and O–H groups in total. The first-order chi connectivity index (χ1) is 10.0. The normalized spacial score (nSPS) is 16.2. The number of nitrogens with one attached hydrogen (secondary N) is 1. The van der Waals surface area contributed by atoms with E-state index in [1.807, 2.05) is 0 Å². The first-order valence-corrected chi connectivity index (χ1v) is 7.27. The van der Waals surface area contributed by atoms with Gasteiger partial charge in [-0.1, -0.05) is 0 Å². The van der Waals surface area contributed by atoms with Crippen molar-refractivity contribution in [2.75, 3.05) is 0 Å². The minimum absolute atomic E-state index is 0.0107. The molecule has 1 amide bonds. The average molecular weight is 314 g/mol. The highest BCUT2D eigenvalue weighted by Gasteiger charge is 2.28. The molecule has 0 bridgehead atoms. The summed E-state index contributed by atoms with van der Waals surface area (Å²) in [5.41, 5.74) is 0.264. The van der Waals surface area contributed by atoms with Crippen molar-refractivity contribution in [1.29, 1.82) is 0 Å². The highest BCUT2D eigenvalue weighted by Crippen LogP contribution is 2.27. The molecule has 1 aliphatic rings. The molecule has 1 saturated carbocycles. The second-order valence-corrected chi connectivity index (χ2v) is 5.51. The number of rotatable bonds is 4. The van der Waals surface area contributed by atoms with Crippen molar-refractivity contribution in [2.45, 2.75) is 37.7 Å². The van der Waals surface area contributed by atoms with Crippen LogP contribution in [0.25, 0.3) is 11.0 Å². The third kappa shape index (κ3) is 2.60. The lowest BCUT2D eigenvalue weighted by molar-refractivity contribution is -0.124. The highest BCUT2D eigenvalue weighted by molar-refractivity contribution is 6.17. The van der Waals surface area contributed by atoms with Crippen LogP contribution >= 0.6 is 11.6 Å². The van der Waals surface area contributed by atoms with Gasteiger partial charge in [0.2, 0.25) is 5.91 Å². The van der Waals surface area contributed by atoms with Crippen LogP contribution in [0.5, 0.6) is 0 Å². The average Bonchev–Trinajstić information content (AvgIpc) is 3.16. The number of hydrogen-bond donors (Lipinski definition) is 1. The summed E-state index contributed by atoms with van der Waals surface area (Å²) in [5.74, 6) is -1.32. The van der Waals surface area contributed by atoms with Gasteiger partial charge in [0.15, 0.2) is 5.82 Å². The van der Waals surface area contributed by atoms with Crippen LogP contribution in [0, 0.1) is 11.6 Å². The molecular formula is C14H14ClF2N3O. The smallest absolute Gasteiger partial charge is 0.243 e. The molecule has 1 aromatic carbocycles. The summed E-state index contributed by atoms with van der Waals surface area (Å²) >= 11 is 5.83. The van der Waals surface area contributed by atoms with E-state index in [-0.39, 0.29) is 28.9 Å². The van der Waals surface area contributed by atoms with Crippen molar-refractivity contribution < 1.29 is 13.6 Å². The molecule has 1 aliphatic carbocycles. The van der Waals surface area contributed by atoms with Crippen LogP contribution in [0.3, 0.4) is 0 Å². The maximum Gasteiger partial charge on any atom is 0.243 e. The third-order valence-electron chi connectivity index (χ3n) is 3.60. The predicted molar refractivity (Wildman–Crippen MR) is 75.1 cm³/mol. The number of aromatic nitrogens is 2. The number of amides is 1. The molecule has 21 heavy (non-hydrogen) atoms. The lowest BCUT2D eigenvalue weighted by Gasteiger charge is -2.16. The molecule has 3 rings (SSSR count). The minimum Gasteiger partial charge on any atom is -0.352 e. The Morgan fingerprint density at radius 1 is 1.52 bits per heavy atom. The molecule has 4 nitrogen and oxygen atoms in total. The van der Waals surface area contributed by atoms with Crippen LogP contribution in [0.1, 0.15) is 31.6 Å². The molecule has 1 heterocycles. The number of nitrogens with zero attached hydrogens (tertiary/aromatic N) is 2. The molecular weight excluding hydrogens is 300 g/mol. The fourth-order valence-corrected chi connectivity index (χ4v) is 2.55. The zero-order chi connectivity index (χ0) is 15.1.